The van der Waals surface area contributed by atoms with Gasteiger partial charge < -0.3 is 19.7 Å². The molecule has 12 heteroatoms. The molecule has 1 N–H and O–H groups in total. The number of ether oxygens (including phenoxy) is 2. The van der Waals surface area contributed by atoms with Gasteiger partial charge in [-0.3, -0.25) is 14.4 Å². The molecule has 0 saturated carbocycles. The van der Waals surface area contributed by atoms with Crippen molar-refractivity contribution in [1.29, 1.82) is 0 Å². The van der Waals surface area contributed by atoms with Crippen LogP contribution in [-0.2, 0) is 29.1 Å². The highest BCUT2D eigenvalue weighted by atomic mass is 32.2. The predicted octanol–water partition coefficient (Wildman–Crippen LogP) is 0.111. The Morgan fingerprint density at radius 1 is 1.13 bits per heavy atom. The SMILES string of the molecule is CCOC(=O)N1CCC(NC(=O)COC(=O)CN2C(=O)c3ccccc3S2(=O)=O)CC1. The summed E-state index contributed by atoms with van der Waals surface area (Å²) in [5, 5.41) is 2.70. The molecule has 0 bridgehead atoms. The van der Waals surface area contributed by atoms with Crippen LogP contribution < -0.4 is 5.32 Å². The lowest BCUT2D eigenvalue weighted by Crippen LogP contribution is -2.47. The van der Waals surface area contributed by atoms with Crippen LogP contribution in [0.1, 0.15) is 30.1 Å². The maximum absolute atomic E-state index is 12.4. The van der Waals surface area contributed by atoms with E-state index in [-0.39, 0.29) is 23.1 Å². The molecule has 1 fully saturated rings. The summed E-state index contributed by atoms with van der Waals surface area (Å²) in [7, 11) is -4.13. The Bertz CT molecular complexity index is 986. The molecule has 31 heavy (non-hydrogen) atoms. The second-order valence-electron chi connectivity index (χ2n) is 7.00. The van der Waals surface area contributed by atoms with Crippen LogP contribution in [0.25, 0.3) is 0 Å². The molecule has 3 amide bonds. The molecule has 2 aliphatic rings. The van der Waals surface area contributed by atoms with Gasteiger partial charge in [-0.2, -0.15) is 0 Å². The van der Waals surface area contributed by atoms with Crippen molar-refractivity contribution in [2.45, 2.75) is 30.7 Å². The molecular weight excluding hydrogens is 430 g/mol. The first kappa shape index (κ1) is 22.5. The van der Waals surface area contributed by atoms with Gasteiger partial charge in [0, 0.05) is 19.1 Å². The van der Waals surface area contributed by atoms with Gasteiger partial charge in [0.25, 0.3) is 21.8 Å². The molecule has 2 aliphatic heterocycles. The molecule has 0 spiro atoms. The van der Waals surface area contributed by atoms with Gasteiger partial charge in [0.2, 0.25) is 0 Å². The molecule has 2 heterocycles. The minimum Gasteiger partial charge on any atom is -0.454 e. The smallest absolute Gasteiger partial charge is 0.409 e. The molecule has 0 aromatic heterocycles. The predicted molar refractivity (Wildman–Crippen MR) is 105 cm³/mol. The normalized spacial score (nSPS) is 17.8. The summed E-state index contributed by atoms with van der Waals surface area (Å²) < 4.78 is 35.1. The number of esters is 1. The number of fused-ring (bicyclic) bond motifs is 1. The number of piperidine rings is 1. The van der Waals surface area contributed by atoms with Gasteiger partial charge in [0.05, 0.1) is 12.2 Å². The number of amides is 3. The van der Waals surface area contributed by atoms with Crippen LogP contribution in [0, 0.1) is 0 Å². The summed E-state index contributed by atoms with van der Waals surface area (Å²) in [6.07, 6.45) is 0.656. The highest BCUT2D eigenvalue weighted by Gasteiger charge is 2.42. The van der Waals surface area contributed by atoms with E-state index in [1.807, 2.05) is 0 Å². The third-order valence-corrected chi connectivity index (χ3v) is 6.72. The molecule has 0 atom stereocenters. The average molecular weight is 453 g/mol. The largest absolute Gasteiger partial charge is 0.454 e. The van der Waals surface area contributed by atoms with Crippen LogP contribution in [0.5, 0.6) is 0 Å². The van der Waals surface area contributed by atoms with E-state index in [1.165, 1.54) is 24.3 Å². The van der Waals surface area contributed by atoms with E-state index >= 15 is 0 Å². The van der Waals surface area contributed by atoms with E-state index in [2.05, 4.69) is 5.32 Å². The maximum Gasteiger partial charge on any atom is 0.409 e. The number of carbonyl (C=O) groups excluding carboxylic acids is 4. The third-order valence-electron chi connectivity index (χ3n) is 4.94. The summed E-state index contributed by atoms with van der Waals surface area (Å²) in [5.74, 6) is -2.39. The molecule has 11 nitrogen and oxygen atoms in total. The first-order chi connectivity index (χ1) is 14.7. The minimum absolute atomic E-state index is 0.0118. The van der Waals surface area contributed by atoms with Gasteiger partial charge in [-0.15, -0.1) is 0 Å². The lowest BCUT2D eigenvalue weighted by molar-refractivity contribution is -0.148. The molecule has 3 rings (SSSR count). The van der Waals surface area contributed by atoms with E-state index in [0.717, 1.165) is 0 Å². The van der Waals surface area contributed by atoms with Crippen molar-refractivity contribution < 1.29 is 37.1 Å². The lowest BCUT2D eigenvalue weighted by Gasteiger charge is -2.31. The molecule has 0 unspecified atom stereocenters. The number of nitrogens with zero attached hydrogens (tertiary/aromatic N) is 2. The highest BCUT2D eigenvalue weighted by Crippen LogP contribution is 2.29. The maximum atomic E-state index is 12.4. The average Bonchev–Trinajstić information content (AvgIpc) is 2.94. The standard InChI is InChI=1S/C19H23N3O8S/c1-2-29-19(26)21-9-7-13(8-10-21)20-16(23)12-30-17(24)11-22-18(25)14-5-3-4-6-15(14)31(22,27)28/h3-6,13H,2,7-12H2,1H3,(H,20,23). The second-order valence-corrected chi connectivity index (χ2v) is 8.83. The summed E-state index contributed by atoms with van der Waals surface area (Å²) in [6.45, 7) is 1.45. The topological polar surface area (TPSA) is 139 Å². The van der Waals surface area contributed by atoms with Gasteiger partial charge >= 0.3 is 12.1 Å². The summed E-state index contributed by atoms with van der Waals surface area (Å²) in [5.41, 5.74) is -0.0118. The van der Waals surface area contributed by atoms with Crippen molar-refractivity contribution in [2.24, 2.45) is 0 Å². The quantitative estimate of drug-likeness (QED) is 0.599. The fourth-order valence-electron chi connectivity index (χ4n) is 3.39. The van der Waals surface area contributed by atoms with E-state index in [4.69, 9.17) is 9.47 Å². The van der Waals surface area contributed by atoms with Gasteiger partial charge in [-0.25, -0.2) is 17.5 Å². The second kappa shape index (κ2) is 9.33. The Kier molecular flexibility index (Phi) is 6.78. The van der Waals surface area contributed by atoms with E-state index in [9.17, 15) is 27.6 Å². The van der Waals surface area contributed by atoms with Crippen LogP contribution in [0.15, 0.2) is 29.2 Å². The first-order valence-electron chi connectivity index (χ1n) is 9.76. The van der Waals surface area contributed by atoms with Crippen molar-refractivity contribution in [1.82, 2.24) is 14.5 Å². The fraction of sp³-hybridized carbons (Fsp3) is 0.474. The number of sulfonamides is 1. The monoisotopic (exact) mass is 453 g/mol. The van der Waals surface area contributed by atoms with Crippen molar-refractivity contribution in [2.75, 3.05) is 32.8 Å². The van der Waals surface area contributed by atoms with Crippen molar-refractivity contribution in [3.05, 3.63) is 29.8 Å². The summed E-state index contributed by atoms with van der Waals surface area (Å²) >= 11 is 0. The van der Waals surface area contributed by atoms with Gasteiger partial charge in [0.15, 0.2) is 6.61 Å². The Labute approximate surface area is 179 Å². The van der Waals surface area contributed by atoms with E-state index < -0.39 is 47.1 Å². The number of hydrogen-bond acceptors (Lipinski definition) is 8. The zero-order chi connectivity index (χ0) is 22.6. The van der Waals surface area contributed by atoms with Crippen molar-refractivity contribution >= 4 is 33.9 Å². The molecule has 1 aromatic rings. The number of likely N-dealkylation sites (tertiary alicyclic amines) is 1. The molecule has 1 aromatic carbocycles. The molecule has 0 aliphatic carbocycles. The Morgan fingerprint density at radius 3 is 2.45 bits per heavy atom. The van der Waals surface area contributed by atoms with Crippen LogP contribution in [-0.4, -0.2) is 80.4 Å². The molecule has 1 saturated heterocycles. The van der Waals surface area contributed by atoms with Gasteiger partial charge in [-0.05, 0) is 31.9 Å². The zero-order valence-electron chi connectivity index (χ0n) is 16.9. The Hall–Kier alpha value is -3.15. The lowest BCUT2D eigenvalue weighted by atomic mass is 10.1. The van der Waals surface area contributed by atoms with E-state index in [0.29, 0.717) is 30.2 Å². The van der Waals surface area contributed by atoms with Crippen LogP contribution >= 0.6 is 0 Å². The summed E-state index contributed by atoms with van der Waals surface area (Å²) in [6, 6.07) is 5.46. The van der Waals surface area contributed by atoms with Crippen LogP contribution in [0.3, 0.4) is 0 Å². The van der Waals surface area contributed by atoms with Gasteiger partial charge in [-0.1, -0.05) is 12.1 Å². The number of benzene rings is 1. The van der Waals surface area contributed by atoms with Crippen LogP contribution in [0.2, 0.25) is 0 Å². The van der Waals surface area contributed by atoms with Crippen LogP contribution in [0.4, 0.5) is 4.79 Å². The highest BCUT2D eigenvalue weighted by molar-refractivity contribution is 7.90. The third kappa shape index (κ3) is 4.95. The minimum atomic E-state index is -4.13. The molecule has 0 radical (unpaired) electrons. The number of nitrogens with one attached hydrogen (secondary N) is 1. The van der Waals surface area contributed by atoms with Crippen molar-refractivity contribution in [3.63, 3.8) is 0 Å². The molecule has 168 valence electrons. The van der Waals surface area contributed by atoms with Crippen molar-refractivity contribution in [3.8, 4) is 0 Å². The number of rotatable bonds is 6. The van der Waals surface area contributed by atoms with Gasteiger partial charge in [0.1, 0.15) is 11.4 Å². The van der Waals surface area contributed by atoms with E-state index in [1.54, 1.807) is 11.8 Å². The Morgan fingerprint density at radius 2 is 1.81 bits per heavy atom. The number of carbonyl (C=O) groups is 4. The summed E-state index contributed by atoms with van der Waals surface area (Å²) in [4.78, 5) is 49.4. The fourth-order valence-corrected chi connectivity index (χ4v) is 4.90. The zero-order valence-corrected chi connectivity index (χ0v) is 17.7. The first-order valence-corrected chi connectivity index (χ1v) is 11.2. The number of hydrogen-bond donors (Lipinski definition) is 1. The molecular formula is C19H23N3O8S. The Balaban J connectivity index is 1.44.